The standard InChI is InChI=1S/C12H25N3O/c1-3-15(8-11(14)16)12(9-13)6-4-10(2)5-7-12/h10H,3-9,13H2,1-2H3,(H2,14,16). The van der Waals surface area contributed by atoms with Crippen molar-refractivity contribution in [3.8, 4) is 0 Å². The molecule has 0 spiro atoms. The summed E-state index contributed by atoms with van der Waals surface area (Å²) < 4.78 is 0. The number of carbonyl (C=O) groups is 1. The number of primary amides is 1. The van der Waals surface area contributed by atoms with Crippen LogP contribution in [0.5, 0.6) is 0 Å². The van der Waals surface area contributed by atoms with Crippen molar-refractivity contribution in [1.82, 2.24) is 4.90 Å². The summed E-state index contributed by atoms with van der Waals surface area (Å²) in [6, 6.07) is 0. The van der Waals surface area contributed by atoms with E-state index in [1.165, 1.54) is 12.8 Å². The van der Waals surface area contributed by atoms with Crippen molar-refractivity contribution in [2.45, 2.75) is 45.1 Å². The molecule has 0 radical (unpaired) electrons. The summed E-state index contributed by atoms with van der Waals surface area (Å²) in [6.07, 6.45) is 4.58. The lowest BCUT2D eigenvalue weighted by Gasteiger charge is -2.46. The molecule has 0 aromatic heterocycles. The van der Waals surface area contributed by atoms with Gasteiger partial charge in [0.05, 0.1) is 6.54 Å². The van der Waals surface area contributed by atoms with Crippen LogP contribution in [0, 0.1) is 5.92 Å². The SMILES string of the molecule is CCN(CC(N)=O)C1(CN)CCC(C)CC1. The highest BCUT2D eigenvalue weighted by atomic mass is 16.1. The number of likely N-dealkylation sites (N-methyl/N-ethyl adjacent to an activating group) is 1. The Kier molecular flexibility index (Phi) is 4.74. The van der Waals surface area contributed by atoms with Crippen LogP contribution in [0.25, 0.3) is 0 Å². The summed E-state index contributed by atoms with van der Waals surface area (Å²) in [5, 5.41) is 0. The predicted molar refractivity (Wildman–Crippen MR) is 65.9 cm³/mol. The van der Waals surface area contributed by atoms with E-state index in [1.807, 2.05) is 0 Å². The average molecular weight is 227 g/mol. The predicted octanol–water partition coefficient (Wildman–Crippen LogP) is 0.701. The fraction of sp³-hybridized carbons (Fsp3) is 0.917. The molecule has 0 atom stereocenters. The molecule has 1 fully saturated rings. The van der Waals surface area contributed by atoms with Gasteiger partial charge >= 0.3 is 0 Å². The Hall–Kier alpha value is -0.610. The first-order valence-corrected chi connectivity index (χ1v) is 6.27. The number of nitrogens with two attached hydrogens (primary N) is 2. The molecule has 1 rings (SSSR count). The van der Waals surface area contributed by atoms with Gasteiger partial charge in [0.1, 0.15) is 0 Å². The Balaban J connectivity index is 2.72. The summed E-state index contributed by atoms with van der Waals surface area (Å²) in [5.41, 5.74) is 11.2. The Morgan fingerprint density at radius 1 is 1.44 bits per heavy atom. The van der Waals surface area contributed by atoms with Crippen molar-refractivity contribution in [2.75, 3.05) is 19.6 Å². The fourth-order valence-electron chi connectivity index (χ4n) is 2.75. The second-order valence-corrected chi connectivity index (χ2v) is 5.09. The minimum atomic E-state index is -0.256. The van der Waals surface area contributed by atoms with Gasteiger partial charge in [0.25, 0.3) is 0 Å². The smallest absolute Gasteiger partial charge is 0.231 e. The molecular formula is C12H25N3O. The number of carbonyl (C=O) groups excluding carboxylic acids is 1. The molecule has 0 bridgehead atoms. The molecular weight excluding hydrogens is 202 g/mol. The van der Waals surface area contributed by atoms with Crippen LogP contribution in [0.1, 0.15) is 39.5 Å². The number of hydrogen-bond donors (Lipinski definition) is 2. The first-order valence-electron chi connectivity index (χ1n) is 6.27. The van der Waals surface area contributed by atoms with E-state index in [0.717, 1.165) is 25.3 Å². The number of hydrogen-bond acceptors (Lipinski definition) is 3. The highest BCUT2D eigenvalue weighted by Gasteiger charge is 2.38. The van der Waals surface area contributed by atoms with Gasteiger partial charge in [0.2, 0.25) is 5.91 Å². The molecule has 4 nitrogen and oxygen atoms in total. The third kappa shape index (κ3) is 2.95. The Labute approximate surface area is 98.3 Å². The molecule has 1 saturated carbocycles. The molecule has 4 N–H and O–H groups in total. The lowest BCUT2D eigenvalue weighted by molar-refractivity contribution is -0.121. The molecule has 0 saturated heterocycles. The van der Waals surface area contributed by atoms with Crippen molar-refractivity contribution in [3.63, 3.8) is 0 Å². The molecule has 94 valence electrons. The maximum atomic E-state index is 11.1. The molecule has 0 unspecified atom stereocenters. The first kappa shape index (κ1) is 13.5. The number of amides is 1. The first-order chi connectivity index (χ1) is 7.54. The second kappa shape index (κ2) is 5.64. The Bertz CT molecular complexity index is 234. The number of nitrogens with zero attached hydrogens (tertiary/aromatic N) is 1. The molecule has 0 aromatic rings. The van der Waals surface area contributed by atoms with Crippen LogP contribution < -0.4 is 11.5 Å². The topological polar surface area (TPSA) is 72.3 Å². The lowest BCUT2D eigenvalue weighted by atomic mass is 9.76. The zero-order chi connectivity index (χ0) is 12.2. The van der Waals surface area contributed by atoms with Crippen LogP contribution in [-0.4, -0.2) is 36.0 Å². The van der Waals surface area contributed by atoms with Gasteiger partial charge in [-0.2, -0.15) is 0 Å². The third-order valence-corrected chi connectivity index (χ3v) is 3.98. The van der Waals surface area contributed by atoms with E-state index in [1.54, 1.807) is 0 Å². The lowest BCUT2D eigenvalue weighted by Crippen LogP contribution is -2.57. The van der Waals surface area contributed by atoms with Crippen LogP contribution in [0.4, 0.5) is 0 Å². The van der Waals surface area contributed by atoms with E-state index in [-0.39, 0.29) is 11.4 Å². The molecule has 1 aliphatic carbocycles. The van der Waals surface area contributed by atoms with Crippen molar-refractivity contribution < 1.29 is 4.79 Å². The van der Waals surface area contributed by atoms with Crippen molar-refractivity contribution in [2.24, 2.45) is 17.4 Å². The summed E-state index contributed by atoms with van der Waals surface area (Å²) >= 11 is 0. The molecule has 1 amide bonds. The molecule has 4 heteroatoms. The third-order valence-electron chi connectivity index (χ3n) is 3.98. The van der Waals surface area contributed by atoms with Crippen LogP contribution in [0.3, 0.4) is 0 Å². The van der Waals surface area contributed by atoms with E-state index < -0.39 is 0 Å². The average Bonchev–Trinajstić information content (AvgIpc) is 2.27. The normalized spacial score (nSPS) is 30.6. The summed E-state index contributed by atoms with van der Waals surface area (Å²) in [5.74, 6) is 0.528. The van der Waals surface area contributed by atoms with E-state index in [9.17, 15) is 4.79 Å². The minimum Gasteiger partial charge on any atom is -0.369 e. The van der Waals surface area contributed by atoms with E-state index >= 15 is 0 Å². The second-order valence-electron chi connectivity index (χ2n) is 5.09. The van der Waals surface area contributed by atoms with Gasteiger partial charge in [-0.25, -0.2) is 0 Å². The van der Waals surface area contributed by atoms with Crippen molar-refractivity contribution in [3.05, 3.63) is 0 Å². The molecule has 0 heterocycles. The largest absolute Gasteiger partial charge is 0.369 e. The molecule has 0 aliphatic heterocycles. The van der Waals surface area contributed by atoms with Gasteiger partial charge in [0.15, 0.2) is 0 Å². The Morgan fingerprint density at radius 2 is 2.00 bits per heavy atom. The molecule has 16 heavy (non-hydrogen) atoms. The van der Waals surface area contributed by atoms with Gasteiger partial charge in [-0.05, 0) is 38.1 Å². The van der Waals surface area contributed by atoms with Crippen molar-refractivity contribution >= 4 is 5.91 Å². The van der Waals surface area contributed by atoms with Crippen LogP contribution >= 0.6 is 0 Å². The zero-order valence-corrected chi connectivity index (χ0v) is 10.5. The van der Waals surface area contributed by atoms with E-state index in [0.29, 0.717) is 13.1 Å². The fourth-order valence-corrected chi connectivity index (χ4v) is 2.75. The van der Waals surface area contributed by atoms with Gasteiger partial charge in [-0.1, -0.05) is 13.8 Å². The molecule has 0 aromatic carbocycles. The maximum Gasteiger partial charge on any atom is 0.231 e. The summed E-state index contributed by atoms with van der Waals surface area (Å²) in [6.45, 7) is 6.15. The maximum absolute atomic E-state index is 11.1. The van der Waals surface area contributed by atoms with Crippen LogP contribution in [0.15, 0.2) is 0 Å². The number of rotatable bonds is 5. The quantitative estimate of drug-likeness (QED) is 0.726. The highest BCUT2D eigenvalue weighted by molar-refractivity contribution is 5.76. The molecule has 1 aliphatic rings. The summed E-state index contributed by atoms with van der Waals surface area (Å²) in [7, 11) is 0. The van der Waals surface area contributed by atoms with Crippen molar-refractivity contribution in [1.29, 1.82) is 0 Å². The highest BCUT2D eigenvalue weighted by Crippen LogP contribution is 2.35. The van der Waals surface area contributed by atoms with Gasteiger partial charge in [-0.3, -0.25) is 9.69 Å². The van der Waals surface area contributed by atoms with E-state index in [4.69, 9.17) is 11.5 Å². The Morgan fingerprint density at radius 3 is 2.38 bits per heavy atom. The van der Waals surface area contributed by atoms with Gasteiger partial charge in [-0.15, -0.1) is 0 Å². The monoisotopic (exact) mass is 227 g/mol. The zero-order valence-electron chi connectivity index (χ0n) is 10.5. The summed E-state index contributed by atoms with van der Waals surface area (Å²) in [4.78, 5) is 13.2. The van der Waals surface area contributed by atoms with Crippen LogP contribution in [-0.2, 0) is 4.79 Å². The van der Waals surface area contributed by atoms with Gasteiger partial charge in [0, 0.05) is 12.1 Å². The van der Waals surface area contributed by atoms with Gasteiger partial charge < -0.3 is 11.5 Å². The van der Waals surface area contributed by atoms with E-state index in [2.05, 4.69) is 18.7 Å². The van der Waals surface area contributed by atoms with Crippen LogP contribution in [0.2, 0.25) is 0 Å². The minimum absolute atomic E-state index is 0.0102.